The maximum Gasteiger partial charge on any atom is 0.266 e. The van der Waals surface area contributed by atoms with Gasteiger partial charge in [0.1, 0.15) is 23.1 Å². The van der Waals surface area contributed by atoms with Crippen LogP contribution in [-0.4, -0.2) is 20.1 Å². The lowest BCUT2D eigenvalue weighted by Crippen LogP contribution is -2.14. The van der Waals surface area contributed by atoms with E-state index in [0.29, 0.717) is 16.5 Å². The first kappa shape index (κ1) is 20.2. The Labute approximate surface area is 174 Å². The number of aryl methyl sites for hydroxylation is 1. The first-order valence-electron chi connectivity index (χ1n) is 8.80. The first-order chi connectivity index (χ1) is 13.9. The molecule has 0 aromatic heterocycles. The maximum atomic E-state index is 12.7. The second-order valence-electron chi connectivity index (χ2n) is 6.40. The lowest BCUT2D eigenvalue weighted by molar-refractivity contribution is -0.112. The monoisotopic (exact) mass is 406 g/mol. The number of hydrogen-bond acceptors (Lipinski definition) is 4. The van der Waals surface area contributed by atoms with Gasteiger partial charge in [-0.05, 0) is 59.2 Å². The number of rotatable bonds is 5. The molecule has 1 amide bonds. The summed E-state index contributed by atoms with van der Waals surface area (Å²) in [7, 11) is 3.11. The third-order valence-electron chi connectivity index (χ3n) is 4.48. The van der Waals surface area contributed by atoms with Crippen molar-refractivity contribution in [2.45, 2.75) is 6.92 Å². The number of carbonyl (C=O) groups is 1. The summed E-state index contributed by atoms with van der Waals surface area (Å²) in [5, 5.41) is 14.7. The van der Waals surface area contributed by atoms with Crippen LogP contribution in [0.2, 0.25) is 5.02 Å². The summed E-state index contributed by atoms with van der Waals surface area (Å²) in [5.74, 6) is 0.665. The van der Waals surface area contributed by atoms with Crippen LogP contribution in [0.15, 0.2) is 54.1 Å². The molecular formula is C23H19ClN2O3. The summed E-state index contributed by atoms with van der Waals surface area (Å²) in [6.45, 7) is 1.82. The van der Waals surface area contributed by atoms with Gasteiger partial charge < -0.3 is 14.8 Å². The standard InChI is InChI=1S/C23H19ClN2O3/c1-14-8-21(22(29-3)12-20(14)24)26-23(27)18(13-25)10-15-4-5-17-11-19(28-2)7-6-16(17)9-15/h4-12H,1-3H3,(H,26,27)/b18-10+. The molecule has 0 saturated carbocycles. The highest BCUT2D eigenvalue weighted by Crippen LogP contribution is 2.31. The van der Waals surface area contributed by atoms with Gasteiger partial charge in [-0.1, -0.05) is 29.8 Å². The Morgan fingerprint density at radius 1 is 1.07 bits per heavy atom. The maximum absolute atomic E-state index is 12.7. The van der Waals surface area contributed by atoms with Crippen LogP contribution < -0.4 is 14.8 Å². The van der Waals surface area contributed by atoms with Gasteiger partial charge in [0, 0.05) is 11.1 Å². The van der Waals surface area contributed by atoms with Gasteiger partial charge in [-0.25, -0.2) is 0 Å². The number of anilines is 1. The minimum atomic E-state index is -0.526. The number of nitrogens with one attached hydrogen (secondary N) is 1. The van der Waals surface area contributed by atoms with Gasteiger partial charge in [0.25, 0.3) is 5.91 Å². The molecule has 3 rings (SSSR count). The minimum absolute atomic E-state index is 0.0208. The summed E-state index contributed by atoms with van der Waals surface area (Å²) in [6, 6.07) is 16.7. The molecule has 0 fully saturated rings. The van der Waals surface area contributed by atoms with Crippen LogP contribution in [0.4, 0.5) is 5.69 Å². The minimum Gasteiger partial charge on any atom is -0.497 e. The molecule has 0 radical (unpaired) electrons. The lowest BCUT2D eigenvalue weighted by atomic mass is 10.0. The van der Waals surface area contributed by atoms with E-state index in [1.165, 1.54) is 7.11 Å². The molecule has 0 atom stereocenters. The fraction of sp³-hybridized carbons (Fsp3) is 0.130. The van der Waals surface area contributed by atoms with E-state index in [-0.39, 0.29) is 5.57 Å². The second-order valence-corrected chi connectivity index (χ2v) is 6.81. The van der Waals surface area contributed by atoms with E-state index in [9.17, 15) is 10.1 Å². The van der Waals surface area contributed by atoms with Gasteiger partial charge in [0.05, 0.1) is 19.9 Å². The van der Waals surface area contributed by atoms with Crippen molar-refractivity contribution in [3.63, 3.8) is 0 Å². The average Bonchev–Trinajstić information content (AvgIpc) is 2.73. The molecule has 3 aromatic carbocycles. The molecule has 0 aliphatic heterocycles. The largest absolute Gasteiger partial charge is 0.497 e. The molecule has 29 heavy (non-hydrogen) atoms. The van der Waals surface area contributed by atoms with Crippen LogP contribution >= 0.6 is 11.6 Å². The number of fused-ring (bicyclic) bond motifs is 1. The number of nitriles is 1. The van der Waals surface area contributed by atoms with E-state index in [1.54, 1.807) is 25.3 Å². The number of halogens is 1. The van der Waals surface area contributed by atoms with Crippen LogP contribution in [0.5, 0.6) is 11.5 Å². The first-order valence-corrected chi connectivity index (χ1v) is 9.18. The topological polar surface area (TPSA) is 71.3 Å². The molecule has 3 aromatic rings. The molecule has 0 aliphatic carbocycles. The van der Waals surface area contributed by atoms with Gasteiger partial charge in [0.15, 0.2) is 0 Å². The Morgan fingerprint density at radius 2 is 1.79 bits per heavy atom. The zero-order valence-corrected chi connectivity index (χ0v) is 17.0. The van der Waals surface area contributed by atoms with Crippen LogP contribution in [0.25, 0.3) is 16.8 Å². The molecule has 6 heteroatoms. The van der Waals surface area contributed by atoms with E-state index < -0.39 is 5.91 Å². The number of methoxy groups -OCH3 is 2. The van der Waals surface area contributed by atoms with E-state index >= 15 is 0 Å². The summed E-state index contributed by atoms with van der Waals surface area (Å²) < 4.78 is 10.5. The molecule has 0 bridgehead atoms. The Hall–Kier alpha value is -3.49. The van der Waals surface area contributed by atoms with E-state index in [2.05, 4.69) is 5.32 Å². The molecule has 0 saturated heterocycles. The van der Waals surface area contributed by atoms with Crippen LogP contribution in [0, 0.1) is 18.3 Å². The molecule has 0 heterocycles. The Bertz CT molecular complexity index is 1160. The quantitative estimate of drug-likeness (QED) is 0.457. The van der Waals surface area contributed by atoms with Crippen molar-refractivity contribution in [3.05, 3.63) is 70.3 Å². The fourth-order valence-corrected chi connectivity index (χ4v) is 3.05. The highest BCUT2D eigenvalue weighted by molar-refractivity contribution is 6.31. The van der Waals surface area contributed by atoms with E-state index in [1.807, 2.05) is 49.4 Å². The molecule has 0 aliphatic rings. The number of ether oxygens (including phenoxy) is 2. The fourth-order valence-electron chi connectivity index (χ4n) is 2.89. The molecule has 5 nitrogen and oxygen atoms in total. The summed E-state index contributed by atoms with van der Waals surface area (Å²) in [4.78, 5) is 12.7. The zero-order valence-electron chi connectivity index (χ0n) is 16.2. The van der Waals surface area contributed by atoms with Gasteiger partial charge in [-0.3, -0.25) is 4.79 Å². The smallest absolute Gasteiger partial charge is 0.266 e. The third kappa shape index (κ3) is 4.50. The van der Waals surface area contributed by atoms with Crippen molar-refractivity contribution in [2.24, 2.45) is 0 Å². The average molecular weight is 407 g/mol. The van der Waals surface area contributed by atoms with Crippen molar-refractivity contribution in [2.75, 3.05) is 19.5 Å². The van der Waals surface area contributed by atoms with E-state index in [4.69, 9.17) is 21.1 Å². The summed E-state index contributed by atoms with van der Waals surface area (Å²) in [5.41, 5.74) is 1.96. The summed E-state index contributed by atoms with van der Waals surface area (Å²) in [6.07, 6.45) is 1.55. The highest BCUT2D eigenvalue weighted by atomic mass is 35.5. The van der Waals surface area contributed by atoms with Crippen molar-refractivity contribution >= 4 is 40.0 Å². The second kappa shape index (κ2) is 8.68. The SMILES string of the molecule is COc1ccc2cc(/C=C(\C#N)C(=O)Nc3cc(C)c(Cl)cc3OC)ccc2c1. The number of benzene rings is 3. The molecule has 146 valence electrons. The van der Waals surface area contributed by atoms with Crippen LogP contribution in [0.1, 0.15) is 11.1 Å². The van der Waals surface area contributed by atoms with E-state index in [0.717, 1.165) is 27.6 Å². The number of nitrogens with zero attached hydrogens (tertiary/aromatic N) is 1. The summed E-state index contributed by atoms with van der Waals surface area (Å²) >= 11 is 6.10. The van der Waals surface area contributed by atoms with Gasteiger partial charge >= 0.3 is 0 Å². The highest BCUT2D eigenvalue weighted by Gasteiger charge is 2.14. The predicted octanol–water partition coefficient (Wildman–Crippen LogP) is 5.36. The molecule has 0 spiro atoms. The molecule has 0 unspecified atom stereocenters. The lowest BCUT2D eigenvalue weighted by Gasteiger charge is -2.12. The number of carbonyl (C=O) groups excluding carboxylic acids is 1. The van der Waals surface area contributed by atoms with Crippen molar-refractivity contribution in [1.82, 2.24) is 0 Å². The zero-order chi connectivity index (χ0) is 21.0. The van der Waals surface area contributed by atoms with Gasteiger partial charge in [-0.2, -0.15) is 5.26 Å². The van der Waals surface area contributed by atoms with Crippen molar-refractivity contribution < 1.29 is 14.3 Å². The van der Waals surface area contributed by atoms with Gasteiger partial charge in [-0.15, -0.1) is 0 Å². The Morgan fingerprint density at radius 3 is 2.48 bits per heavy atom. The molecule has 1 N–H and O–H groups in total. The number of amides is 1. The van der Waals surface area contributed by atoms with Crippen LogP contribution in [-0.2, 0) is 4.79 Å². The van der Waals surface area contributed by atoms with Gasteiger partial charge in [0.2, 0.25) is 0 Å². The normalized spacial score (nSPS) is 11.1. The third-order valence-corrected chi connectivity index (χ3v) is 4.88. The number of hydrogen-bond donors (Lipinski definition) is 1. The Kier molecular flexibility index (Phi) is 6.06. The predicted molar refractivity (Wildman–Crippen MR) is 115 cm³/mol. The van der Waals surface area contributed by atoms with Crippen molar-refractivity contribution in [1.29, 1.82) is 5.26 Å². The van der Waals surface area contributed by atoms with Crippen LogP contribution in [0.3, 0.4) is 0 Å². The Balaban J connectivity index is 1.90. The van der Waals surface area contributed by atoms with Crippen molar-refractivity contribution in [3.8, 4) is 17.6 Å². The molecular weight excluding hydrogens is 388 g/mol.